The first-order chi connectivity index (χ1) is 11.2. The van der Waals surface area contributed by atoms with Crippen molar-refractivity contribution in [2.75, 3.05) is 26.4 Å². The van der Waals surface area contributed by atoms with Gasteiger partial charge < -0.3 is 19.5 Å². The number of hydrogen-bond donors (Lipinski definition) is 1. The number of carbonyl (C=O) groups excluding carboxylic acids is 2. The highest BCUT2D eigenvalue weighted by atomic mass is 16.6. The Balaban J connectivity index is 1.64. The fourth-order valence-electron chi connectivity index (χ4n) is 2.09. The maximum absolute atomic E-state index is 11.6. The zero-order valence-electron chi connectivity index (χ0n) is 12.6. The minimum atomic E-state index is -0.676. The molecule has 1 heterocycles. The highest BCUT2D eigenvalue weighted by Gasteiger charge is 2.16. The van der Waals surface area contributed by atoms with Crippen LogP contribution in [0.15, 0.2) is 24.3 Å². The van der Waals surface area contributed by atoms with E-state index < -0.39 is 5.97 Å². The van der Waals surface area contributed by atoms with E-state index >= 15 is 0 Å². The van der Waals surface area contributed by atoms with Gasteiger partial charge in [0.25, 0.3) is 5.91 Å². The number of esters is 1. The molecule has 1 N–H and O–H groups in total. The Morgan fingerprint density at radius 1 is 1.35 bits per heavy atom. The first kappa shape index (κ1) is 16.8. The predicted molar refractivity (Wildman–Crippen MR) is 79.6 cm³/mol. The normalized spacial score (nSPS) is 16.4. The van der Waals surface area contributed by atoms with Gasteiger partial charge in [-0.25, -0.2) is 4.79 Å². The van der Waals surface area contributed by atoms with E-state index in [4.69, 9.17) is 19.5 Å². The Morgan fingerprint density at radius 2 is 2.17 bits per heavy atom. The topological polar surface area (TPSA) is 97.6 Å². The molecule has 1 unspecified atom stereocenters. The van der Waals surface area contributed by atoms with Crippen LogP contribution >= 0.6 is 0 Å². The fourth-order valence-corrected chi connectivity index (χ4v) is 2.09. The van der Waals surface area contributed by atoms with Crippen LogP contribution in [0.25, 0.3) is 0 Å². The fraction of sp³-hybridized carbons (Fsp3) is 0.438. The van der Waals surface area contributed by atoms with Gasteiger partial charge in [0.15, 0.2) is 13.2 Å². The smallest absolute Gasteiger partial charge is 0.344 e. The average molecular weight is 318 g/mol. The molecule has 1 aromatic carbocycles. The number of rotatable bonds is 7. The van der Waals surface area contributed by atoms with Gasteiger partial charge in [-0.1, -0.05) is 12.1 Å². The second-order valence-corrected chi connectivity index (χ2v) is 5.00. The average Bonchev–Trinajstić information content (AvgIpc) is 3.10. The van der Waals surface area contributed by atoms with Crippen LogP contribution in [0.4, 0.5) is 0 Å². The molecular formula is C16H18N2O5. The number of nitriles is 1. The van der Waals surface area contributed by atoms with Gasteiger partial charge in [-0.15, -0.1) is 0 Å². The van der Waals surface area contributed by atoms with E-state index in [9.17, 15) is 9.59 Å². The molecule has 1 amide bonds. The van der Waals surface area contributed by atoms with E-state index in [2.05, 4.69) is 5.32 Å². The SMILES string of the molecule is N#Cc1ccccc1OCC(=O)OCC(=O)NCC1CCCO1. The first-order valence-corrected chi connectivity index (χ1v) is 7.35. The molecule has 1 atom stereocenters. The first-order valence-electron chi connectivity index (χ1n) is 7.35. The molecule has 1 aromatic rings. The van der Waals surface area contributed by atoms with Crippen molar-refractivity contribution in [2.45, 2.75) is 18.9 Å². The number of para-hydroxylation sites is 1. The summed E-state index contributed by atoms with van der Waals surface area (Å²) >= 11 is 0. The van der Waals surface area contributed by atoms with Crippen molar-refractivity contribution >= 4 is 11.9 Å². The van der Waals surface area contributed by atoms with E-state index in [1.54, 1.807) is 24.3 Å². The lowest BCUT2D eigenvalue weighted by Crippen LogP contribution is -2.35. The van der Waals surface area contributed by atoms with Gasteiger partial charge in [0.1, 0.15) is 11.8 Å². The quantitative estimate of drug-likeness (QED) is 0.746. The van der Waals surface area contributed by atoms with Crippen molar-refractivity contribution in [3.8, 4) is 11.8 Å². The molecule has 122 valence electrons. The standard InChI is InChI=1S/C16H18N2O5/c17-8-12-4-1-2-6-14(12)22-11-16(20)23-10-15(19)18-9-13-5-3-7-21-13/h1-2,4,6,13H,3,5,7,9-11H2,(H,18,19). The Labute approximate surface area is 134 Å². The number of nitrogens with zero attached hydrogens (tertiary/aromatic N) is 1. The van der Waals surface area contributed by atoms with Crippen molar-refractivity contribution in [2.24, 2.45) is 0 Å². The number of hydrogen-bond acceptors (Lipinski definition) is 6. The van der Waals surface area contributed by atoms with Gasteiger partial charge in [-0.3, -0.25) is 4.79 Å². The lowest BCUT2D eigenvalue weighted by Gasteiger charge is -2.11. The van der Waals surface area contributed by atoms with Crippen LogP contribution < -0.4 is 10.1 Å². The van der Waals surface area contributed by atoms with Crippen LogP contribution in [0.3, 0.4) is 0 Å². The molecule has 7 heteroatoms. The van der Waals surface area contributed by atoms with Crippen LogP contribution in [-0.2, 0) is 19.1 Å². The largest absolute Gasteiger partial charge is 0.481 e. The number of benzene rings is 1. The molecule has 0 aromatic heterocycles. The Kier molecular flexibility index (Phi) is 6.39. The number of carbonyl (C=O) groups is 2. The van der Waals surface area contributed by atoms with Crippen molar-refractivity contribution in [3.05, 3.63) is 29.8 Å². The molecule has 23 heavy (non-hydrogen) atoms. The third-order valence-electron chi connectivity index (χ3n) is 3.27. The van der Waals surface area contributed by atoms with Gasteiger partial charge in [0.05, 0.1) is 11.7 Å². The molecule has 2 rings (SSSR count). The number of ether oxygens (including phenoxy) is 3. The zero-order valence-corrected chi connectivity index (χ0v) is 12.6. The summed E-state index contributed by atoms with van der Waals surface area (Å²) in [6.07, 6.45) is 1.96. The number of amides is 1. The van der Waals surface area contributed by atoms with Crippen LogP contribution in [0, 0.1) is 11.3 Å². The maximum atomic E-state index is 11.6. The molecule has 0 radical (unpaired) electrons. The molecule has 0 bridgehead atoms. The van der Waals surface area contributed by atoms with Crippen molar-refractivity contribution in [3.63, 3.8) is 0 Å². The third kappa shape index (κ3) is 5.60. The van der Waals surface area contributed by atoms with Gasteiger partial charge in [0.2, 0.25) is 0 Å². The summed E-state index contributed by atoms with van der Waals surface area (Å²) in [7, 11) is 0. The minimum absolute atomic E-state index is 0.0421. The van der Waals surface area contributed by atoms with Crippen molar-refractivity contribution < 1.29 is 23.8 Å². The summed E-state index contributed by atoms with van der Waals surface area (Å²) < 4.78 is 15.4. The van der Waals surface area contributed by atoms with Crippen LogP contribution in [0.2, 0.25) is 0 Å². The molecule has 0 saturated carbocycles. The summed E-state index contributed by atoms with van der Waals surface area (Å²) in [6, 6.07) is 8.52. The molecule has 1 saturated heterocycles. The predicted octanol–water partition coefficient (Wildman–Crippen LogP) is 0.775. The monoisotopic (exact) mass is 318 g/mol. The van der Waals surface area contributed by atoms with Gasteiger partial charge in [0, 0.05) is 13.2 Å². The molecule has 0 spiro atoms. The van der Waals surface area contributed by atoms with Crippen LogP contribution in [0.5, 0.6) is 5.75 Å². The Morgan fingerprint density at radius 3 is 2.91 bits per heavy atom. The van der Waals surface area contributed by atoms with Crippen molar-refractivity contribution in [1.82, 2.24) is 5.32 Å². The summed E-state index contributed by atoms with van der Waals surface area (Å²) in [5.74, 6) is -0.758. The Bertz CT molecular complexity index is 590. The van der Waals surface area contributed by atoms with Gasteiger partial charge in [-0.05, 0) is 25.0 Å². The molecular weight excluding hydrogens is 300 g/mol. The molecule has 1 aliphatic rings. The molecule has 1 aliphatic heterocycles. The van der Waals surface area contributed by atoms with Gasteiger partial charge >= 0.3 is 5.97 Å². The summed E-state index contributed by atoms with van der Waals surface area (Å²) in [6.45, 7) is 0.409. The van der Waals surface area contributed by atoms with E-state index in [0.29, 0.717) is 17.9 Å². The summed E-state index contributed by atoms with van der Waals surface area (Å²) in [5, 5.41) is 11.5. The van der Waals surface area contributed by atoms with Crippen LogP contribution in [-0.4, -0.2) is 44.3 Å². The van der Waals surface area contributed by atoms with E-state index in [-0.39, 0.29) is 25.2 Å². The lowest BCUT2D eigenvalue weighted by atomic mass is 10.2. The second-order valence-electron chi connectivity index (χ2n) is 5.00. The third-order valence-corrected chi connectivity index (χ3v) is 3.27. The number of nitrogens with one attached hydrogen (secondary N) is 1. The Hall–Kier alpha value is -2.59. The van der Waals surface area contributed by atoms with E-state index in [1.165, 1.54) is 0 Å². The lowest BCUT2D eigenvalue weighted by molar-refractivity contribution is -0.150. The van der Waals surface area contributed by atoms with Crippen molar-refractivity contribution in [1.29, 1.82) is 5.26 Å². The molecule has 0 aliphatic carbocycles. The van der Waals surface area contributed by atoms with Gasteiger partial charge in [-0.2, -0.15) is 5.26 Å². The van der Waals surface area contributed by atoms with E-state index in [0.717, 1.165) is 19.4 Å². The second kappa shape index (κ2) is 8.76. The maximum Gasteiger partial charge on any atom is 0.344 e. The summed E-state index contributed by atoms with van der Waals surface area (Å²) in [5.41, 5.74) is 0.328. The van der Waals surface area contributed by atoms with E-state index in [1.807, 2.05) is 6.07 Å². The molecule has 1 fully saturated rings. The highest BCUT2D eigenvalue weighted by Crippen LogP contribution is 2.16. The zero-order chi connectivity index (χ0) is 16.5. The minimum Gasteiger partial charge on any atom is -0.481 e. The molecule has 7 nitrogen and oxygen atoms in total. The van der Waals surface area contributed by atoms with Crippen LogP contribution in [0.1, 0.15) is 18.4 Å². The highest BCUT2D eigenvalue weighted by molar-refractivity contribution is 5.80. The summed E-state index contributed by atoms with van der Waals surface area (Å²) in [4.78, 5) is 23.1.